The molecule has 0 saturated heterocycles. The third-order valence-electron chi connectivity index (χ3n) is 10.5. The SMILES string of the molecule is COc1c(NC(=O)c2ccc(N(C)C(=O)c3ccc(NC(=O)[C@@H](CC(=O)c4ccc(CC(=O)/C(C)=C/c5ccc(O)cc5)cc4)Cc4cn[nH]n4)cc3)c(OC)c2O)ccc(C(=O)O)c1O. The Morgan fingerprint density at radius 2 is 1.41 bits per heavy atom. The number of aromatic nitrogens is 3. The Kier molecular flexibility index (Phi) is 14.6. The van der Waals surface area contributed by atoms with Gasteiger partial charge >= 0.3 is 5.97 Å². The summed E-state index contributed by atoms with van der Waals surface area (Å²) in [6.45, 7) is 1.71. The molecule has 1 heterocycles. The lowest BCUT2D eigenvalue weighted by Crippen LogP contribution is -2.28. The number of aromatic amines is 1. The minimum absolute atomic E-state index is 0.0836. The zero-order chi connectivity index (χ0) is 47.7. The minimum Gasteiger partial charge on any atom is -0.508 e. The molecular weight excluding hydrogens is 853 g/mol. The molecule has 7 N–H and O–H groups in total. The Labute approximate surface area is 377 Å². The van der Waals surface area contributed by atoms with E-state index in [1.807, 2.05) is 0 Å². The molecular formula is C48H44N6O12. The van der Waals surface area contributed by atoms with Crippen LogP contribution in [0.25, 0.3) is 6.08 Å². The standard InChI is InChI=1S/C48H44N6O12/c1-26(21-27-7-15-34(55)16-8-27)39(56)22-28-5-9-29(10-6-28)40(57)24-31(23-33-25-49-53-52-33)45(60)50-32-13-11-30(12-14-32)47(62)54(2)38-20-18-35(41(58)44(38)66-4)46(61)51-37-19-17-36(48(63)64)42(59)43(37)65-3/h5-21,25,31,55,58-59H,22-24H2,1-4H3,(H,50,60)(H,51,61)(H,63,64)(H,49,52,53)/b26-21+/t31-/m1/s1. The molecule has 3 amide bonds. The van der Waals surface area contributed by atoms with E-state index in [1.54, 1.807) is 49.4 Å². The Morgan fingerprint density at radius 1 is 0.773 bits per heavy atom. The summed E-state index contributed by atoms with van der Waals surface area (Å²) in [6, 6.07) is 23.9. The molecule has 1 aromatic heterocycles. The number of anilines is 3. The van der Waals surface area contributed by atoms with E-state index in [0.717, 1.165) is 11.6 Å². The average Bonchev–Trinajstić information content (AvgIpc) is 3.82. The highest BCUT2D eigenvalue weighted by molar-refractivity contribution is 6.11. The van der Waals surface area contributed by atoms with Crippen LogP contribution in [0.4, 0.5) is 17.1 Å². The molecule has 6 rings (SSSR count). The quantitative estimate of drug-likeness (QED) is 0.0361. The second kappa shape index (κ2) is 20.6. The third-order valence-corrected chi connectivity index (χ3v) is 10.5. The number of aromatic hydroxyl groups is 3. The number of hydrogen-bond donors (Lipinski definition) is 7. The Balaban J connectivity index is 1.10. The number of carbonyl (C=O) groups excluding carboxylic acids is 5. The molecule has 0 aliphatic rings. The largest absolute Gasteiger partial charge is 0.508 e. The molecule has 0 fully saturated rings. The molecule has 0 aliphatic heterocycles. The average molecular weight is 897 g/mol. The monoisotopic (exact) mass is 896 g/mol. The van der Waals surface area contributed by atoms with Crippen molar-refractivity contribution >= 4 is 58.4 Å². The normalized spacial score (nSPS) is 11.5. The first-order chi connectivity index (χ1) is 31.6. The van der Waals surface area contributed by atoms with Crippen molar-refractivity contribution in [3.05, 3.63) is 148 Å². The number of hydrogen-bond acceptors (Lipinski definition) is 13. The molecule has 0 saturated carbocycles. The van der Waals surface area contributed by atoms with E-state index in [9.17, 15) is 49.2 Å². The van der Waals surface area contributed by atoms with Crippen LogP contribution in [0.1, 0.15) is 71.6 Å². The summed E-state index contributed by atoms with van der Waals surface area (Å²) in [5, 5.41) is 55.9. The highest BCUT2D eigenvalue weighted by atomic mass is 16.5. The van der Waals surface area contributed by atoms with Gasteiger partial charge in [0.25, 0.3) is 11.8 Å². The van der Waals surface area contributed by atoms with Crippen molar-refractivity contribution in [3.63, 3.8) is 0 Å². The highest BCUT2D eigenvalue weighted by Gasteiger charge is 2.27. The number of amides is 3. The van der Waals surface area contributed by atoms with Gasteiger partial charge in [0, 0.05) is 43.1 Å². The van der Waals surface area contributed by atoms with E-state index >= 15 is 0 Å². The molecule has 0 radical (unpaired) electrons. The molecule has 338 valence electrons. The molecule has 0 unspecified atom stereocenters. The van der Waals surface area contributed by atoms with Crippen molar-refractivity contribution < 1.29 is 58.7 Å². The van der Waals surface area contributed by atoms with Crippen molar-refractivity contribution in [3.8, 4) is 28.7 Å². The van der Waals surface area contributed by atoms with Gasteiger partial charge in [-0.05, 0) is 90.4 Å². The maximum atomic E-state index is 13.7. The molecule has 18 heteroatoms. The summed E-state index contributed by atoms with van der Waals surface area (Å²) >= 11 is 0. The molecule has 0 aliphatic carbocycles. The fourth-order valence-corrected chi connectivity index (χ4v) is 6.90. The van der Waals surface area contributed by atoms with Crippen LogP contribution in [0.3, 0.4) is 0 Å². The van der Waals surface area contributed by atoms with Gasteiger partial charge in [0.15, 0.2) is 34.6 Å². The number of nitrogens with zero attached hydrogens (tertiary/aromatic N) is 3. The lowest BCUT2D eigenvalue weighted by Gasteiger charge is -2.22. The van der Waals surface area contributed by atoms with Gasteiger partial charge in [-0.2, -0.15) is 15.4 Å². The lowest BCUT2D eigenvalue weighted by atomic mass is 9.92. The van der Waals surface area contributed by atoms with Crippen LogP contribution in [0.2, 0.25) is 0 Å². The fourth-order valence-electron chi connectivity index (χ4n) is 6.90. The van der Waals surface area contributed by atoms with E-state index in [2.05, 4.69) is 26.0 Å². The molecule has 66 heavy (non-hydrogen) atoms. The Bertz CT molecular complexity index is 2820. The number of carboxylic acid groups (broad SMARTS) is 1. The molecule has 5 aromatic carbocycles. The summed E-state index contributed by atoms with van der Waals surface area (Å²) in [5.41, 5.74) is 2.59. The number of carboxylic acids is 1. The molecule has 1 atom stereocenters. The number of ketones is 2. The number of phenols is 3. The van der Waals surface area contributed by atoms with E-state index in [1.165, 1.54) is 87.0 Å². The molecule has 0 bridgehead atoms. The summed E-state index contributed by atoms with van der Waals surface area (Å²) < 4.78 is 10.5. The topological polar surface area (TPSA) is 271 Å². The number of Topliss-reactive ketones (excluding diaryl/α,β-unsaturated/α-hetero) is 2. The van der Waals surface area contributed by atoms with Crippen LogP contribution < -0.4 is 25.0 Å². The van der Waals surface area contributed by atoms with Gasteiger partial charge < -0.3 is 45.4 Å². The van der Waals surface area contributed by atoms with Gasteiger partial charge in [0.2, 0.25) is 5.91 Å². The predicted molar refractivity (Wildman–Crippen MR) is 241 cm³/mol. The second-order valence-corrected chi connectivity index (χ2v) is 15.0. The third kappa shape index (κ3) is 10.9. The van der Waals surface area contributed by atoms with Crippen LogP contribution in [0.15, 0.2) is 109 Å². The summed E-state index contributed by atoms with van der Waals surface area (Å²) in [4.78, 5) is 79.7. The number of aromatic carboxylic acids is 1. The summed E-state index contributed by atoms with van der Waals surface area (Å²) in [5.74, 6) is -6.37. The van der Waals surface area contributed by atoms with E-state index in [-0.39, 0.29) is 70.6 Å². The number of ether oxygens (including phenoxy) is 2. The van der Waals surface area contributed by atoms with Gasteiger partial charge in [-0.3, -0.25) is 24.0 Å². The van der Waals surface area contributed by atoms with Crippen molar-refractivity contribution in [2.24, 2.45) is 5.92 Å². The fraction of sp³-hybridized carbons (Fsp3) is 0.167. The van der Waals surface area contributed by atoms with Crippen LogP contribution in [-0.2, 0) is 22.4 Å². The van der Waals surface area contributed by atoms with Crippen LogP contribution >= 0.6 is 0 Å². The van der Waals surface area contributed by atoms with Crippen molar-refractivity contribution in [2.75, 3.05) is 36.8 Å². The Hall–Kier alpha value is -8.80. The maximum Gasteiger partial charge on any atom is 0.339 e. The number of rotatable bonds is 18. The van der Waals surface area contributed by atoms with Crippen LogP contribution in [0.5, 0.6) is 28.7 Å². The van der Waals surface area contributed by atoms with E-state index < -0.39 is 46.7 Å². The number of methoxy groups -OCH3 is 2. The second-order valence-electron chi connectivity index (χ2n) is 15.0. The van der Waals surface area contributed by atoms with Gasteiger partial charge in [0.05, 0.1) is 49.0 Å². The maximum absolute atomic E-state index is 13.7. The van der Waals surface area contributed by atoms with Crippen molar-refractivity contribution in [1.82, 2.24) is 15.4 Å². The first kappa shape index (κ1) is 46.7. The van der Waals surface area contributed by atoms with Gasteiger partial charge in [-0.25, -0.2) is 4.79 Å². The zero-order valence-electron chi connectivity index (χ0n) is 36.0. The molecule has 6 aromatic rings. The number of phenolic OH excluding ortho intramolecular Hbond substituents is 2. The summed E-state index contributed by atoms with van der Waals surface area (Å²) in [7, 11) is 3.82. The molecule has 0 spiro atoms. The van der Waals surface area contributed by atoms with Gasteiger partial charge in [0.1, 0.15) is 11.3 Å². The van der Waals surface area contributed by atoms with Crippen molar-refractivity contribution in [2.45, 2.75) is 26.2 Å². The smallest absolute Gasteiger partial charge is 0.339 e. The minimum atomic E-state index is -1.42. The number of carbonyl (C=O) groups is 6. The Morgan fingerprint density at radius 3 is 2.03 bits per heavy atom. The van der Waals surface area contributed by atoms with Gasteiger partial charge in [-0.15, -0.1) is 0 Å². The lowest BCUT2D eigenvalue weighted by molar-refractivity contribution is -0.120. The number of H-pyrrole nitrogens is 1. The first-order valence-corrected chi connectivity index (χ1v) is 20.1. The number of benzene rings is 5. The van der Waals surface area contributed by atoms with Crippen LogP contribution in [0, 0.1) is 5.92 Å². The predicted octanol–water partition coefficient (Wildman–Crippen LogP) is 6.45. The summed E-state index contributed by atoms with van der Waals surface area (Å²) in [6.07, 6.45) is 3.20. The number of allylic oxidation sites excluding steroid dienone is 1. The van der Waals surface area contributed by atoms with E-state index in [4.69, 9.17) is 9.47 Å². The van der Waals surface area contributed by atoms with Crippen LogP contribution in [-0.4, -0.2) is 92.4 Å². The van der Waals surface area contributed by atoms with Crippen molar-refractivity contribution in [1.29, 1.82) is 0 Å². The van der Waals surface area contributed by atoms with Gasteiger partial charge in [-0.1, -0.05) is 36.4 Å². The number of nitrogens with one attached hydrogen (secondary N) is 3. The first-order valence-electron chi connectivity index (χ1n) is 20.1. The highest BCUT2D eigenvalue weighted by Crippen LogP contribution is 2.42. The molecule has 18 nitrogen and oxygen atoms in total. The zero-order valence-corrected chi connectivity index (χ0v) is 36.0. The van der Waals surface area contributed by atoms with E-state index in [0.29, 0.717) is 28.1 Å².